The topological polar surface area (TPSA) is 61.8 Å². The average Bonchev–Trinajstić information content (AvgIpc) is 2.49. The number of ether oxygens (including phenoxy) is 1. The molecule has 0 bridgehead atoms. The van der Waals surface area contributed by atoms with Crippen LogP contribution in [0.15, 0.2) is 0 Å². The zero-order valence-corrected chi connectivity index (χ0v) is 13.4. The lowest BCUT2D eigenvalue weighted by Gasteiger charge is -2.48. The number of likely N-dealkylation sites (tertiary alicyclic amines) is 1. The van der Waals surface area contributed by atoms with E-state index >= 15 is 0 Å². The fourth-order valence-corrected chi connectivity index (χ4v) is 3.69. The molecule has 2 N–H and O–H groups in total. The highest BCUT2D eigenvalue weighted by molar-refractivity contribution is 5.81. The molecule has 1 saturated carbocycles. The number of nitrogens with zero attached hydrogens (tertiary/aromatic N) is 1. The van der Waals surface area contributed by atoms with E-state index in [4.69, 9.17) is 4.74 Å². The molecule has 3 unspecified atom stereocenters. The third-order valence-corrected chi connectivity index (χ3v) is 5.21. The summed E-state index contributed by atoms with van der Waals surface area (Å²) in [6, 6.07) is -0.112. The third-order valence-electron chi connectivity index (χ3n) is 5.21. The molecule has 0 radical (unpaired) electrons. The number of hydrogen-bond donors (Lipinski definition) is 2. The van der Waals surface area contributed by atoms with Crippen LogP contribution < -0.4 is 5.32 Å². The van der Waals surface area contributed by atoms with Gasteiger partial charge in [-0.2, -0.15) is 0 Å². The highest BCUT2D eigenvalue weighted by Crippen LogP contribution is 2.40. The molecule has 0 spiro atoms. The summed E-state index contributed by atoms with van der Waals surface area (Å²) >= 11 is 0. The van der Waals surface area contributed by atoms with Gasteiger partial charge in [0.15, 0.2) is 0 Å². The summed E-state index contributed by atoms with van der Waals surface area (Å²) in [6.07, 6.45) is 6.02. The molecule has 122 valence electrons. The first kappa shape index (κ1) is 16.7. The number of fused-ring (bicyclic) bond motifs is 1. The zero-order valence-electron chi connectivity index (χ0n) is 13.4. The zero-order chi connectivity index (χ0) is 15.3. The van der Waals surface area contributed by atoms with Gasteiger partial charge >= 0.3 is 0 Å². The van der Waals surface area contributed by atoms with Crippen LogP contribution in [0.4, 0.5) is 0 Å². The Morgan fingerprint density at radius 2 is 2.29 bits per heavy atom. The molecule has 0 aromatic carbocycles. The van der Waals surface area contributed by atoms with Gasteiger partial charge in [-0.05, 0) is 32.6 Å². The van der Waals surface area contributed by atoms with E-state index in [0.717, 1.165) is 45.2 Å². The van der Waals surface area contributed by atoms with Crippen LogP contribution in [0, 0.1) is 5.92 Å². The predicted molar refractivity (Wildman–Crippen MR) is 82.1 cm³/mol. The molecule has 1 amide bonds. The Hall–Kier alpha value is -0.650. The van der Waals surface area contributed by atoms with Crippen molar-refractivity contribution < 1.29 is 14.6 Å². The molecule has 0 aromatic rings. The van der Waals surface area contributed by atoms with Crippen molar-refractivity contribution in [2.75, 3.05) is 33.4 Å². The molecule has 0 aromatic heterocycles. The standard InChI is InChI=1S/C16H30N2O3/c1-13(15(19)17-9-5-11-21-2)18-10-8-16(20)7-4-3-6-14(16)12-18/h13-14,20H,3-12H2,1-2H3,(H,17,19). The van der Waals surface area contributed by atoms with E-state index in [0.29, 0.717) is 19.1 Å². The molecule has 1 aliphatic heterocycles. The van der Waals surface area contributed by atoms with Gasteiger partial charge in [0.2, 0.25) is 5.91 Å². The van der Waals surface area contributed by atoms with Crippen molar-refractivity contribution in [1.82, 2.24) is 10.2 Å². The van der Waals surface area contributed by atoms with Crippen molar-refractivity contribution in [2.24, 2.45) is 5.92 Å². The van der Waals surface area contributed by atoms with Crippen molar-refractivity contribution in [3.05, 3.63) is 0 Å². The highest BCUT2D eigenvalue weighted by Gasteiger charge is 2.44. The molecule has 2 rings (SSSR count). The lowest BCUT2D eigenvalue weighted by atomic mass is 9.71. The number of carbonyl (C=O) groups excluding carboxylic acids is 1. The second-order valence-corrected chi connectivity index (χ2v) is 6.60. The summed E-state index contributed by atoms with van der Waals surface area (Å²) in [4.78, 5) is 14.4. The summed E-state index contributed by atoms with van der Waals surface area (Å²) in [5, 5.41) is 13.7. The van der Waals surface area contributed by atoms with E-state index < -0.39 is 5.60 Å². The highest BCUT2D eigenvalue weighted by atomic mass is 16.5. The Labute approximate surface area is 128 Å². The van der Waals surface area contributed by atoms with Gasteiger partial charge < -0.3 is 15.2 Å². The van der Waals surface area contributed by atoms with Gasteiger partial charge in [-0.1, -0.05) is 12.8 Å². The van der Waals surface area contributed by atoms with Crippen LogP contribution in [0.5, 0.6) is 0 Å². The van der Waals surface area contributed by atoms with Gasteiger partial charge in [0.1, 0.15) is 0 Å². The maximum absolute atomic E-state index is 12.2. The number of rotatable bonds is 6. The van der Waals surface area contributed by atoms with Crippen LogP contribution in [-0.4, -0.2) is 60.9 Å². The first-order valence-electron chi connectivity index (χ1n) is 8.30. The smallest absolute Gasteiger partial charge is 0.237 e. The molecule has 3 atom stereocenters. The van der Waals surface area contributed by atoms with Gasteiger partial charge in [0, 0.05) is 39.3 Å². The maximum atomic E-state index is 12.2. The Bertz CT molecular complexity index is 350. The van der Waals surface area contributed by atoms with Gasteiger partial charge in [-0.3, -0.25) is 9.69 Å². The summed E-state index contributed by atoms with van der Waals surface area (Å²) < 4.78 is 4.98. The quantitative estimate of drug-likeness (QED) is 0.722. The molecular formula is C16H30N2O3. The van der Waals surface area contributed by atoms with E-state index in [1.807, 2.05) is 6.92 Å². The maximum Gasteiger partial charge on any atom is 0.237 e. The number of hydrogen-bond acceptors (Lipinski definition) is 4. The van der Waals surface area contributed by atoms with Crippen LogP contribution in [0.25, 0.3) is 0 Å². The molecule has 2 aliphatic rings. The summed E-state index contributed by atoms with van der Waals surface area (Å²) in [5.41, 5.74) is -0.469. The van der Waals surface area contributed by atoms with Crippen LogP contribution in [0.2, 0.25) is 0 Å². The lowest BCUT2D eigenvalue weighted by molar-refractivity contribution is -0.133. The second-order valence-electron chi connectivity index (χ2n) is 6.60. The second kappa shape index (κ2) is 7.56. The van der Waals surface area contributed by atoms with Gasteiger partial charge in [-0.15, -0.1) is 0 Å². The number of amides is 1. The van der Waals surface area contributed by atoms with E-state index in [9.17, 15) is 9.90 Å². The minimum atomic E-state index is -0.469. The summed E-state index contributed by atoms with van der Waals surface area (Å²) in [6.45, 7) is 4.98. The van der Waals surface area contributed by atoms with E-state index in [2.05, 4.69) is 10.2 Å². The number of methoxy groups -OCH3 is 1. The molecule has 1 saturated heterocycles. The predicted octanol–water partition coefficient (Wildman–Crippen LogP) is 1.15. The van der Waals surface area contributed by atoms with E-state index in [-0.39, 0.29) is 11.9 Å². The van der Waals surface area contributed by atoms with Crippen molar-refractivity contribution in [3.8, 4) is 0 Å². The van der Waals surface area contributed by atoms with Crippen LogP contribution in [0.1, 0.15) is 45.4 Å². The largest absolute Gasteiger partial charge is 0.390 e. The Balaban J connectivity index is 1.80. The van der Waals surface area contributed by atoms with Crippen LogP contribution >= 0.6 is 0 Å². The molecule has 2 fully saturated rings. The van der Waals surface area contributed by atoms with Crippen molar-refractivity contribution in [3.63, 3.8) is 0 Å². The van der Waals surface area contributed by atoms with Gasteiger partial charge in [0.05, 0.1) is 11.6 Å². The van der Waals surface area contributed by atoms with Crippen LogP contribution in [0.3, 0.4) is 0 Å². The third kappa shape index (κ3) is 4.18. The molecule has 5 heteroatoms. The average molecular weight is 298 g/mol. The van der Waals surface area contributed by atoms with Crippen molar-refractivity contribution >= 4 is 5.91 Å². The normalized spacial score (nSPS) is 31.5. The molecule has 1 heterocycles. The van der Waals surface area contributed by atoms with Crippen molar-refractivity contribution in [1.29, 1.82) is 0 Å². The number of nitrogens with one attached hydrogen (secondary N) is 1. The first-order valence-corrected chi connectivity index (χ1v) is 8.30. The SMILES string of the molecule is COCCCNC(=O)C(C)N1CCC2(O)CCCCC2C1. The monoisotopic (exact) mass is 298 g/mol. The number of piperidine rings is 1. The summed E-state index contributed by atoms with van der Waals surface area (Å²) in [7, 11) is 1.67. The number of aliphatic hydroxyl groups is 1. The molecule has 5 nitrogen and oxygen atoms in total. The van der Waals surface area contributed by atoms with Gasteiger partial charge in [-0.25, -0.2) is 0 Å². The number of carbonyl (C=O) groups is 1. The van der Waals surface area contributed by atoms with E-state index in [1.54, 1.807) is 7.11 Å². The minimum Gasteiger partial charge on any atom is -0.390 e. The Kier molecular flexibility index (Phi) is 6.02. The Morgan fingerprint density at radius 1 is 1.48 bits per heavy atom. The van der Waals surface area contributed by atoms with E-state index in [1.165, 1.54) is 6.42 Å². The minimum absolute atomic E-state index is 0.0901. The molecule has 21 heavy (non-hydrogen) atoms. The lowest BCUT2D eigenvalue weighted by Crippen LogP contribution is -2.57. The molecule has 1 aliphatic carbocycles. The fourth-order valence-electron chi connectivity index (χ4n) is 3.69. The van der Waals surface area contributed by atoms with Crippen molar-refractivity contribution in [2.45, 2.75) is 57.1 Å². The summed E-state index contributed by atoms with van der Waals surface area (Å²) in [5.74, 6) is 0.427. The Morgan fingerprint density at radius 3 is 3.05 bits per heavy atom. The first-order chi connectivity index (χ1) is 10.1. The van der Waals surface area contributed by atoms with Gasteiger partial charge in [0.25, 0.3) is 0 Å². The fraction of sp³-hybridized carbons (Fsp3) is 0.938. The molecular weight excluding hydrogens is 268 g/mol. The van der Waals surface area contributed by atoms with Crippen LogP contribution in [-0.2, 0) is 9.53 Å².